The summed E-state index contributed by atoms with van der Waals surface area (Å²) in [6.45, 7) is 3.85. The standard InChI is InChI=1S/C17H19N5O2S/c1-3-7-13-19-17(21-20-13)25-15(12-8-5-4-6-9-12)16(23)18-14-10-11(2)24-22-14/h4-6,8-10,15H,3,7H2,1-2H3,(H,18,22,23)(H,19,20,21). The van der Waals surface area contributed by atoms with Crippen molar-refractivity contribution in [3.8, 4) is 0 Å². The molecular formula is C17H19N5O2S. The number of H-pyrrole nitrogens is 1. The molecular weight excluding hydrogens is 338 g/mol. The molecule has 0 radical (unpaired) electrons. The molecule has 1 unspecified atom stereocenters. The van der Waals surface area contributed by atoms with Crippen LogP contribution in [-0.4, -0.2) is 26.2 Å². The van der Waals surface area contributed by atoms with Gasteiger partial charge in [0.25, 0.3) is 0 Å². The van der Waals surface area contributed by atoms with Gasteiger partial charge < -0.3 is 9.84 Å². The number of aryl methyl sites for hydroxylation is 2. The van der Waals surface area contributed by atoms with Gasteiger partial charge in [-0.15, -0.1) is 5.10 Å². The number of nitrogens with one attached hydrogen (secondary N) is 2. The molecule has 7 nitrogen and oxygen atoms in total. The van der Waals surface area contributed by atoms with Gasteiger partial charge in [0.05, 0.1) is 0 Å². The van der Waals surface area contributed by atoms with E-state index < -0.39 is 5.25 Å². The van der Waals surface area contributed by atoms with E-state index in [0.29, 0.717) is 16.7 Å². The van der Waals surface area contributed by atoms with E-state index in [2.05, 4.69) is 32.6 Å². The molecule has 130 valence electrons. The number of anilines is 1. The molecule has 1 amide bonds. The van der Waals surface area contributed by atoms with E-state index in [1.807, 2.05) is 30.3 Å². The van der Waals surface area contributed by atoms with E-state index in [0.717, 1.165) is 24.2 Å². The first kappa shape index (κ1) is 17.2. The number of hydrogen-bond acceptors (Lipinski definition) is 6. The van der Waals surface area contributed by atoms with Crippen LogP contribution < -0.4 is 5.32 Å². The van der Waals surface area contributed by atoms with Gasteiger partial charge in [-0.05, 0) is 18.9 Å². The van der Waals surface area contributed by atoms with Crippen LogP contribution in [0.25, 0.3) is 0 Å². The molecule has 8 heteroatoms. The molecule has 0 aliphatic rings. The molecule has 0 aliphatic carbocycles. The normalized spacial score (nSPS) is 12.1. The lowest BCUT2D eigenvalue weighted by Crippen LogP contribution is -2.19. The average Bonchev–Trinajstić information content (AvgIpc) is 3.22. The van der Waals surface area contributed by atoms with Crippen LogP contribution in [0, 0.1) is 6.92 Å². The largest absolute Gasteiger partial charge is 0.360 e. The lowest BCUT2D eigenvalue weighted by molar-refractivity contribution is -0.115. The molecule has 25 heavy (non-hydrogen) atoms. The van der Waals surface area contributed by atoms with Gasteiger partial charge in [0.2, 0.25) is 11.1 Å². The lowest BCUT2D eigenvalue weighted by Gasteiger charge is -2.14. The summed E-state index contributed by atoms with van der Waals surface area (Å²) in [5.74, 6) is 1.65. The van der Waals surface area contributed by atoms with E-state index in [1.54, 1.807) is 13.0 Å². The van der Waals surface area contributed by atoms with Crippen molar-refractivity contribution in [2.45, 2.75) is 37.1 Å². The van der Waals surface area contributed by atoms with Crippen molar-refractivity contribution in [2.75, 3.05) is 5.32 Å². The van der Waals surface area contributed by atoms with Crippen molar-refractivity contribution in [3.63, 3.8) is 0 Å². The maximum absolute atomic E-state index is 12.8. The Balaban J connectivity index is 1.80. The molecule has 1 aromatic carbocycles. The minimum atomic E-state index is -0.497. The third-order valence-electron chi connectivity index (χ3n) is 3.44. The fourth-order valence-electron chi connectivity index (χ4n) is 2.30. The molecule has 0 spiro atoms. The number of amides is 1. The van der Waals surface area contributed by atoms with Crippen LogP contribution in [0.4, 0.5) is 5.82 Å². The maximum Gasteiger partial charge on any atom is 0.243 e. The summed E-state index contributed by atoms with van der Waals surface area (Å²) in [4.78, 5) is 17.2. The first-order valence-corrected chi connectivity index (χ1v) is 8.90. The maximum atomic E-state index is 12.8. The average molecular weight is 357 g/mol. The Kier molecular flexibility index (Phi) is 5.49. The second-order valence-electron chi connectivity index (χ2n) is 5.54. The van der Waals surface area contributed by atoms with Gasteiger partial charge in [0.15, 0.2) is 5.82 Å². The van der Waals surface area contributed by atoms with E-state index in [4.69, 9.17) is 4.52 Å². The van der Waals surface area contributed by atoms with Crippen LogP contribution in [-0.2, 0) is 11.2 Å². The Morgan fingerprint density at radius 3 is 2.84 bits per heavy atom. The molecule has 3 rings (SSSR count). The molecule has 3 aromatic rings. The van der Waals surface area contributed by atoms with E-state index in [1.165, 1.54) is 11.8 Å². The van der Waals surface area contributed by atoms with Crippen LogP contribution in [0.15, 0.2) is 46.1 Å². The molecule has 0 saturated heterocycles. The summed E-state index contributed by atoms with van der Waals surface area (Å²) in [7, 11) is 0. The Hall–Kier alpha value is -2.61. The highest BCUT2D eigenvalue weighted by atomic mass is 32.2. The number of hydrogen-bond donors (Lipinski definition) is 2. The number of rotatable bonds is 7. The molecule has 2 heterocycles. The topological polar surface area (TPSA) is 96.7 Å². The highest BCUT2D eigenvalue weighted by Crippen LogP contribution is 2.34. The van der Waals surface area contributed by atoms with Crippen molar-refractivity contribution >= 4 is 23.5 Å². The predicted octanol–water partition coefficient (Wildman–Crippen LogP) is 3.53. The summed E-state index contributed by atoms with van der Waals surface area (Å²) < 4.78 is 5.00. The highest BCUT2D eigenvalue weighted by Gasteiger charge is 2.25. The lowest BCUT2D eigenvalue weighted by atomic mass is 10.1. The number of benzene rings is 1. The van der Waals surface area contributed by atoms with Crippen molar-refractivity contribution in [3.05, 3.63) is 53.5 Å². The Labute approximate surface area is 149 Å². The van der Waals surface area contributed by atoms with Crippen molar-refractivity contribution in [1.82, 2.24) is 20.3 Å². The van der Waals surface area contributed by atoms with Gasteiger partial charge in [0, 0.05) is 12.5 Å². The van der Waals surface area contributed by atoms with Gasteiger partial charge in [-0.2, -0.15) is 0 Å². The first-order chi connectivity index (χ1) is 12.2. The quantitative estimate of drug-likeness (QED) is 0.628. The van der Waals surface area contributed by atoms with Crippen molar-refractivity contribution < 1.29 is 9.32 Å². The molecule has 1 atom stereocenters. The Bertz CT molecular complexity index is 830. The van der Waals surface area contributed by atoms with Crippen LogP contribution >= 0.6 is 11.8 Å². The molecule has 2 aromatic heterocycles. The first-order valence-electron chi connectivity index (χ1n) is 8.02. The predicted molar refractivity (Wildman–Crippen MR) is 95.3 cm³/mol. The fourth-order valence-corrected chi connectivity index (χ4v) is 3.23. The van der Waals surface area contributed by atoms with Crippen molar-refractivity contribution in [2.24, 2.45) is 0 Å². The van der Waals surface area contributed by atoms with Crippen molar-refractivity contribution in [1.29, 1.82) is 0 Å². The summed E-state index contributed by atoms with van der Waals surface area (Å²) >= 11 is 1.30. The zero-order valence-corrected chi connectivity index (χ0v) is 14.8. The number of aromatic amines is 1. The number of carbonyl (C=O) groups is 1. The van der Waals surface area contributed by atoms with Crippen LogP contribution in [0.2, 0.25) is 0 Å². The van der Waals surface area contributed by atoms with Gasteiger partial charge in [0.1, 0.15) is 16.8 Å². The molecule has 0 bridgehead atoms. The highest BCUT2D eigenvalue weighted by molar-refractivity contribution is 8.00. The summed E-state index contributed by atoms with van der Waals surface area (Å²) in [5.41, 5.74) is 0.868. The summed E-state index contributed by atoms with van der Waals surface area (Å²) in [6, 6.07) is 11.2. The number of nitrogens with zero attached hydrogens (tertiary/aromatic N) is 3. The molecule has 2 N–H and O–H groups in total. The smallest absolute Gasteiger partial charge is 0.243 e. The second kappa shape index (κ2) is 7.98. The van der Waals surface area contributed by atoms with Gasteiger partial charge in [-0.3, -0.25) is 9.89 Å². The van der Waals surface area contributed by atoms with Gasteiger partial charge in [-0.1, -0.05) is 54.2 Å². The Morgan fingerprint density at radius 1 is 1.36 bits per heavy atom. The van der Waals surface area contributed by atoms with Gasteiger partial charge >= 0.3 is 0 Å². The minimum Gasteiger partial charge on any atom is -0.360 e. The van der Waals surface area contributed by atoms with E-state index >= 15 is 0 Å². The minimum absolute atomic E-state index is 0.202. The zero-order valence-electron chi connectivity index (χ0n) is 14.0. The van der Waals surface area contributed by atoms with Crippen LogP contribution in [0.5, 0.6) is 0 Å². The second-order valence-corrected chi connectivity index (χ2v) is 6.61. The van der Waals surface area contributed by atoms with E-state index in [-0.39, 0.29) is 5.91 Å². The molecule has 0 aliphatic heterocycles. The van der Waals surface area contributed by atoms with Gasteiger partial charge in [-0.25, -0.2) is 4.98 Å². The monoisotopic (exact) mass is 357 g/mol. The summed E-state index contributed by atoms with van der Waals surface area (Å²) in [6.07, 6.45) is 1.81. The third-order valence-corrected chi connectivity index (χ3v) is 4.56. The number of thioether (sulfide) groups is 1. The van der Waals surface area contributed by atoms with E-state index in [9.17, 15) is 4.79 Å². The van der Waals surface area contributed by atoms with Crippen LogP contribution in [0.3, 0.4) is 0 Å². The summed E-state index contributed by atoms with van der Waals surface area (Å²) in [5, 5.41) is 13.8. The number of carbonyl (C=O) groups excluding carboxylic acids is 1. The zero-order chi connectivity index (χ0) is 17.6. The van der Waals surface area contributed by atoms with Crippen LogP contribution in [0.1, 0.15) is 35.7 Å². The number of aromatic nitrogens is 4. The molecule has 0 saturated carbocycles. The Morgan fingerprint density at radius 2 is 2.16 bits per heavy atom. The molecule has 0 fully saturated rings. The SMILES string of the molecule is CCCc1nc(SC(C(=O)Nc2cc(C)on2)c2ccccc2)n[nH]1. The fraction of sp³-hybridized carbons (Fsp3) is 0.294. The third kappa shape index (κ3) is 4.48.